The molecule has 0 bridgehead atoms. The van der Waals surface area contributed by atoms with Gasteiger partial charge in [-0.05, 0) is 25.0 Å². The molecule has 3 aromatic heterocycles. The number of alkyl halides is 3. The molecule has 3 heterocycles. The van der Waals surface area contributed by atoms with E-state index in [2.05, 4.69) is 25.7 Å². The highest BCUT2D eigenvalue weighted by Crippen LogP contribution is 2.50. The second-order valence-corrected chi connectivity index (χ2v) is 7.36. The molecule has 0 aromatic carbocycles. The summed E-state index contributed by atoms with van der Waals surface area (Å²) < 4.78 is 45.4. The van der Waals surface area contributed by atoms with Crippen molar-refractivity contribution in [3.05, 3.63) is 47.1 Å². The fourth-order valence-electron chi connectivity index (χ4n) is 3.33. The molecule has 2 amide bonds. The van der Waals surface area contributed by atoms with Gasteiger partial charge >= 0.3 is 12.2 Å². The molecule has 1 saturated carbocycles. The van der Waals surface area contributed by atoms with Crippen LogP contribution in [-0.4, -0.2) is 39.3 Å². The van der Waals surface area contributed by atoms with Gasteiger partial charge in [0, 0.05) is 30.5 Å². The third kappa shape index (κ3) is 3.90. The van der Waals surface area contributed by atoms with Gasteiger partial charge < -0.3 is 15.4 Å². The van der Waals surface area contributed by atoms with Gasteiger partial charge in [0.15, 0.2) is 10.8 Å². The number of urea groups is 1. The Labute approximate surface area is 173 Å². The number of rotatable bonds is 5. The van der Waals surface area contributed by atoms with E-state index in [1.165, 1.54) is 12.3 Å². The number of halogens is 4. The average molecular weight is 441 g/mol. The molecular weight excluding hydrogens is 425 g/mol. The predicted octanol–water partition coefficient (Wildman–Crippen LogP) is 4.12. The van der Waals surface area contributed by atoms with Crippen molar-refractivity contribution in [3.8, 4) is 0 Å². The third-order valence-electron chi connectivity index (χ3n) is 4.79. The zero-order valence-electron chi connectivity index (χ0n) is 15.6. The van der Waals surface area contributed by atoms with Crippen LogP contribution in [0.3, 0.4) is 0 Å². The maximum atomic E-state index is 12.8. The van der Waals surface area contributed by atoms with E-state index in [1.54, 1.807) is 17.7 Å². The smallest absolute Gasteiger partial charge is 0.384 e. The van der Waals surface area contributed by atoms with Crippen molar-refractivity contribution in [1.29, 1.82) is 0 Å². The van der Waals surface area contributed by atoms with Crippen molar-refractivity contribution in [2.24, 2.45) is 0 Å². The minimum Gasteiger partial charge on any atom is -0.384 e. The van der Waals surface area contributed by atoms with Crippen LogP contribution < -0.4 is 10.6 Å². The van der Waals surface area contributed by atoms with Gasteiger partial charge in [-0.2, -0.15) is 18.3 Å². The maximum absolute atomic E-state index is 12.8. The van der Waals surface area contributed by atoms with E-state index in [-0.39, 0.29) is 16.3 Å². The topological polar surface area (TPSA) is 93.4 Å². The zero-order chi connectivity index (χ0) is 21.5. The van der Waals surface area contributed by atoms with Gasteiger partial charge in [-0.25, -0.2) is 14.3 Å². The number of pyridine rings is 1. The molecule has 0 aliphatic heterocycles. The van der Waals surface area contributed by atoms with E-state index in [0.29, 0.717) is 23.6 Å². The minimum atomic E-state index is -4.62. The van der Waals surface area contributed by atoms with Crippen molar-refractivity contribution >= 4 is 34.7 Å². The first-order chi connectivity index (χ1) is 14.2. The SMILES string of the molecule is COCC1(c2c(NC(=O)Nc3ccnc(C(F)(F)F)c3)cnc3cc(Cl)nn23)CC1. The van der Waals surface area contributed by atoms with Crippen LogP contribution in [-0.2, 0) is 16.3 Å². The van der Waals surface area contributed by atoms with Gasteiger partial charge in [-0.15, -0.1) is 0 Å². The first kappa shape index (κ1) is 20.4. The van der Waals surface area contributed by atoms with Crippen molar-refractivity contribution in [2.45, 2.75) is 24.4 Å². The lowest BCUT2D eigenvalue weighted by Gasteiger charge is -2.20. The summed E-state index contributed by atoms with van der Waals surface area (Å²) in [5.74, 6) is 0. The third-order valence-corrected chi connectivity index (χ3v) is 4.97. The molecule has 2 N–H and O–H groups in total. The number of carbonyl (C=O) groups excluding carboxylic acids is 1. The Morgan fingerprint density at radius 3 is 2.73 bits per heavy atom. The quantitative estimate of drug-likeness (QED) is 0.622. The standard InChI is InChI=1S/C18H16ClF3N6O2/c1-30-9-17(3-4-17)15-11(8-24-14-7-13(19)27-28(14)15)26-16(29)25-10-2-5-23-12(6-10)18(20,21)22/h2,5-8H,3-4,9H2,1H3,(H2,23,25,26,29). The first-order valence-corrected chi connectivity index (χ1v) is 9.25. The summed E-state index contributed by atoms with van der Waals surface area (Å²) in [6.45, 7) is 0.402. The number of fused-ring (bicyclic) bond motifs is 1. The van der Waals surface area contributed by atoms with E-state index in [9.17, 15) is 18.0 Å². The Morgan fingerprint density at radius 1 is 1.30 bits per heavy atom. The molecule has 3 aromatic rings. The molecule has 0 radical (unpaired) electrons. The molecule has 4 rings (SSSR count). The molecule has 30 heavy (non-hydrogen) atoms. The highest BCUT2D eigenvalue weighted by atomic mass is 35.5. The number of amides is 2. The van der Waals surface area contributed by atoms with Gasteiger partial charge in [-0.1, -0.05) is 11.6 Å². The van der Waals surface area contributed by atoms with E-state index in [4.69, 9.17) is 16.3 Å². The number of hydrogen-bond acceptors (Lipinski definition) is 5. The number of aromatic nitrogens is 4. The van der Waals surface area contributed by atoms with Crippen LogP contribution >= 0.6 is 11.6 Å². The summed E-state index contributed by atoms with van der Waals surface area (Å²) in [6, 6.07) is 2.87. The molecule has 8 nitrogen and oxygen atoms in total. The number of ether oxygens (including phenoxy) is 1. The molecule has 0 atom stereocenters. The molecule has 1 fully saturated rings. The Kier molecular flexibility index (Phi) is 5.02. The number of nitrogens with zero attached hydrogens (tertiary/aromatic N) is 4. The van der Waals surface area contributed by atoms with E-state index < -0.39 is 17.9 Å². The molecule has 158 valence electrons. The van der Waals surface area contributed by atoms with Gasteiger partial charge in [0.1, 0.15) is 5.69 Å². The fourth-order valence-corrected chi connectivity index (χ4v) is 3.51. The van der Waals surface area contributed by atoms with Gasteiger partial charge in [0.2, 0.25) is 0 Å². The number of hydrogen-bond donors (Lipinski definition) is 2. The number of anilines is 2. The summed E-state index contributed by atoms with van der Waals surface area (Å²) in [6.07, 6.45) is -0.555. The lowest BCUT2D eigenvalue weighted by atomic mass is 10.0. The van der Waals surface area contributed by atoms with Gasteiger partial charge in [-0.3, -0.25) is 4.98 Å². The van der Waals surface area contributed by atoms with E-state index in [1.807, 2.05) is 0 Å². The van der Waals surface area contributed by atoms with Crippen molar-refractivity contribution in [1.82, 2.24) is 19.6 Å². The minimum absolute atomic E-state index is 0.0504. The van der Waals surface area contributed by atoms with Crippen LogP contribution in [0.4, 0.5) is 29.3 Å². The number of methoxy groups -OCH3 is 1. The largest absolute Gasteiger partial charge is 0.433 e. The fraction of sp³-hybridized carbons (Fsp3) is 0.333. The second kappa shape index (κ2) is 7.40. The molecule has 0 spiro atoms. The first-order valence-electron chi connectivity index (χ1n) is 8.87. The summed E-state index contributed by atoms with van der Waals surface area (Å²) in [4.78, 5) is 20.0. The van der Waals surface area contributed by atoms with Crippen LogP contribution in [0.15, 0.2) is 30.6 Å². The Morgan fingerprint density at radius 2 is 2.07 bits per heavy atom. The maximum Gasteiger partial charge on any atom is 0.433 e. The normalized spacial score (nSPS) is 15.2. The summed E-state index contributed by atoms with van der Waals surface area (Å²) >= 11 is 6.02. The average Bonchev–Trinajstić information content (AvgIpc) is 3.33. The lowest BCUT2D eigenvalue weighted by Crippen LogP contribution is -2.26. The summed E-state index contributed by atoms with van der Waals surface area (Å²) in [7, 11) is 1.58. The predicted molar refractivity (Wildman–Crippen MR) is 103 cm³/mol. The molecule has 1 aliphatic carbocycles. The van der Waals surface area contributed by atoms with Crippen molar-refractivity contribution < 1.29 is 22.7 Å². The summed E-state index contributed by atoms with van der Waals surface area (Å²) in [5, 5.41) is 9.53. The number of carbonyl (C=O) groups is 1. The van der Waals surface area contributed by atoms with Crippen molar-refractivity contribution in [3.63, 3.8) is 0 Å². The van der Waals surface area contributed by atoms with Crippen LogP contribution in [0.2, 0.25) is 5.15 Å². The van der Waals surface area contributed by atoms with Crippen LogP contribution in [0.1, 0.15) is 24.2 Å². The molecule has 0 unspecified atom stereocenters. The van der Waals surface area contributed by atoms with E-state index in [0.717, 1.165) is 25.1 Å². The number of nitrogens with one attached hydrogen (secondary N) is 2. The van der Waals surface area contributed by atoms with Crippen LogP contribution in [0, 0.1) is 0 Å². The Balaban J connectivity index is 1.63. The zero-order valence-corrected chi connectivity index (χ0v) is 16.4. The monoisotopic (exact) mass is 440 g/mol. The van der Waals surface area contributed by atoms with Crippen LogP contribution in [0.25, 0.3) is 5.65 Å². The van der Waals surface area contributed by atoms with Gasteiger partial charge in [0.25, 0.3) is 0 Å². The van der Waals surface area contributed by atoms with Crippen molar-refractivity contribution in [2.75, 3.05) is 24.4 Å². The highest BCUT2D eigenvalue weighted by molar-refractivity contribution is 6.29. The molecule has 1 aliphatic rings. The van der Waals surface area contributed by atoms with Crippen LogP contribution in [0.5, 0.6) is 0 Å². The molecule has 0 saturated heterocycles. The second-order valence-electron chi connectivity index (χ2n) is 6.98. The Bertz CT molecular complexity index is 1110. The molecular formula is C18H16ClF3N6O2. The molecule has 12 heteroatoms. The van der Waals surface area contributed by atoms with E-state index >= 15 is 0 Å². The van der Waals surface area contributed by atoms with Gasteiger partial charge in [0.05, 0.1) is 24.2 Å². The lowest BCUT2D eigenvalue weighted by molar-refractivity contribution is -0.141. The highest BCUT2D eigenvalue weighted by Gasteiger charge is 2.48. The summed E-state index contributed by atoms with van der Waals surface area (Å²) in [5.41, 5.74) is 0.0141. The Hall–Kier alpha value is -2.92.